The maximum Gasteiger partial charge on any atom is 0.338 e. The average molecular weight is 242 g/mol. The highest BCUT2D eigenvalue weighted by molar-refractivity contribution is 5.88. The van der Waals surface area contributed by atoms with Crippen molar-refractivity contribution in [2.75, 3.05) is 11.9 Å². The Balaban J connectivity index is 2.99. The summed E-state index contributed by atoms with van der Waals surface area (Å²) in [5, 5.41) is 20.5. The van der Waals surface area contributed by atoms with Crippen LogP contribution in [0.3, 0.4) is 0 Å². The van der Waals surface area contributed by atoms with Crippen molar-refractivity contribution in [1.82, 2.24) is 4.98 Å². The van der Waals surface area contributed by atoms with E-state index < -0.39 is 17.3 Å². The lowest BCUT2D eigenvalue weighted by atomic mass is 10.1. The number of pyridine rings is 1. The molecule has 1 rings (SSSR count). The van der Waals surface area contributed by atoms with Crippen molar-refractivity contribution in [2.24, 2.45) is 5.92 Å². The molecule has 1 unspecified atom stereocenters. The van der Waals surface area contributed by atoms with Crippen LogP contribution in [0.1, 0.15) is 24.2 Å². The van der Waals surface area contributed by atoms with E-state index >= 15 is 0 Å². The van der Waals surface area contributed by atoms with E-state index in [9.17, 15) is 9.18 Å². The second-order valence-electron chi connectivity index (χ2n) is 4.00. The van der Waals surface area contributed by atoms with E-state index in [1.807, 2.05) is 13.8 Å². The number of aliphatic hydroxyl groups excluding tert-OH is 1. The number of carboxylic acid groups (broad SMARTS) is 1. The molecule has 1 heterocycles. The van der Waals surface area contributed by atoms with Gasteiger partial charge in [0.15, 0.2) is 11.6 Å². The van der Waals surface area contributed by atoms with E-state index in [1.165, 1.54) is 6.20 Å². The molecule has 17 heavy (non-hydrogen) atoms. The maximum absolute atomic E-state index is 13.7. The first-order chi connectivity index (χ1) is 7.97. The lowest BCUT2D eigenvalue weighted by Gasteiger charge is -2.20. The Kier molecular flexibility index (Phi) is 4.39. The molecule has 0 aliphatic rings. The summed E-state index contributed by atoms with van der Waals surface area (Å²) in [7, 11) is 0. The fourth-order valence-electron chi connectivity index (χ4n) is 1.31. The normalized spacial score (nSPS) is 12.5. The summed E-state index contributed by atoms with van der Waals surface area (Å²) in [4.78, 5) is 14.4. The molecule has 94 valence electrons. The van der Waals surface area contributed by atoms with Gasteiger partial charge in [-0.05, 0) is 12.0 Å². The van der Waals surface area contributed by atoms with Gasteiger partial charge in [-0.25, -0.2) is 14.2 Å². The lowest BCUT2D eigenvalue weighted by molar-refractivity contribution is 0.0692. The Morgan fingerprint density at radius 1 is 1.59 bits per heavy atom. The smallest absolute Gasteiger partial charge is 0.338 e. The summed E-state index contributed by atoms with van der Waals surface area (Å²) in [6.45, 7) is 3.52. The Hall–Kier alpha value is -1.69. The molecule has 0 bridgehead atoms. The molecular weight excluding hydrogens is 227 g/mol. The van der Waals surface area contributed by atoms with Crippen LogP contribution in [0.25, 0.3) is 0 Å². The van der Waals surface area contributed by atoms with E-state index in [0.29, 0.717) is 0 Å². The second-order valence-corrected chi connectivity index (χ2v) is 4.00. The van der Waals surface area contributed by atoms with Crippen LogP contribution in [0.5, 0.6) is 0 Å². The fraction of sp³-hybridized carbons (Fsp3) is 0.455. The van der Waals surface area contributed by atoms with Gasteiger partial charge in [-0.15, -0.1) is 0 Å². The Labute approximate surface area is 98.3 Å². The molecule has 3 N–H and O–H groups in total. The Bertz CT molecular complexity index is 410. The van der Waals surface area contributed by atoms with Crippen molar-refractivity contribution in [3.05, 3.63) is 23.6 Å². The van der Waals surface area contributed by atoms with Crippen LogP contribution in [0.2, 0.25) is 0 Å². The standard InChI is InChI=1S/C11H15FN2O3/c1-6(2)8(5-15)14-10-9(12)7(11(16)17)3-4-13-10/h3-4,6,8,15H,5H2,1-2H3,(H,13,14)(H,16,17). The minimum atomic E-state index is -1.35. The highest BCUT2D eigenvalue weighted by Gasteiger charge is 2.19. The molecule has 0 aliphatic carbocycles. The van der Waals surface area contributed by atoms with E-state index in [2.05, 4.69) is 10.3 Å². The van der Waals surface area contributed by atoms with E-state index in [0.717, 1.165) is 6.07 Å². The summed E-state index contributed by atoms with van der Waals surface area (Å²) in [6, 6.07) is 0.715. The van der Waals surface area contributed by atoms with E-state index in [4.69, 9.17) is 10.2 Å². The van der Waals surface area contributed by atoms with Gasteiger partial charge >= 0.3 is 5.97 Å². The number of halogens is 1. The maximum atomic E-state index is 13.7. The number of nitrogens with zero attached hydrogens (tertiary/aromatic N) is 1. The van der Waals surface area contributed by atoms with Crippen molar-refractivity contribution in [3.8, 4) is 0 Å². The van der Waals surface area contributed by atoms with Crippen molar-refractivity contribution >= 4 is 11.8 Å². The van der Waals surface area contributed by atoms with Gasteiger partial charge in [0, 0.05) is 6.20 Å². The topological polar surface area (TPSA) is 82.5 Å². The molecule has 0 spiro atoms. The molecule has 1 aromatic rings. The quantitative estimate of drug-likeness (QED) is 0.726. The highest BCUT2D eigenvalue weighted by atomic mass is 19.1. The molecule has 0 saturated carbocycles. The zero-order valence-electron chi connectivity index (χ0n) is 9.64. The number of carbonyl (C=O) groups is 1. The molecule has 0 aliphatic heterocycles. The summed E-state index contributed by atoms with van der Waals surface area (Å²) in [5.74, 6) is -2.36. The number of carboxylic acids is 1. The van der Waals surface area contributed by atoms with E-state index in [1.54, 1.807) is 0 Å². The number of nitrogens with one attached hydrogen (secondary N) is 1. The molecular formula is C11H15FN2O3. The average Bonchev–Trinajstić information content (AvgIpc) is 2.26. The van der Waals surface area contributed by atoms with Crippen LogP contribution < -0.4 is 5.32 Å². The zero-order chi connectivity index (χ0) is 13.0. The molecule has 6 heteroatoms. The minimum absolute atomic E-state index is 0.0645. The molecule has 0 radical (unpaired) electrons. The van der Waals surface area contributed by atoms with Gasteiger partial charge < -0.3 is 15.5 Å². The van der Waals surface area contributed by atoms with Crippen molar-refractivity contribution < 1.29 is 19.4 Å². The minimum Gasteiger partial charge on any atom is -0.478 e. The summed E-state index contributed by atoms with van der Waals surface area (Å²) in [6.07, 6.45) is 1.21. The number of aliphatic hydroxyl groups is 1. The van der Waals surface area contributed by atoms with Gasteiger partial charge in [-0.1, -0.05) is 13.8 Å². The van der Waals surface area contributed by atoms with Crippen LogP contribution in [0.15, 0.2) is 12.3 Å². The van der Waals surface area contributed by atoms with Crippen LogP contribution in [-0.2, 0) is 0 Å². The number of anilines is 1. The van der Waals surface area contributed by atoms with Gasteiger partial charge in [0.2, 0.25) is 0 Å². The predicted molar refractivity (Wildman–Crippen MR) is 60.5 cm³/mol. The van der Waals surface area contributed by atoms with Gasteiger partial charge in [0.25, 0.3) is 0 Å². The molecule has 0 saturated heterocycles. The number of hydrogen-bond donors (Lipinski definition) is 3. The van der Waals surface area contributed by atoms with Crippen LogP contribution >= 0.6 is 0 Å². The molecule has 0 aromatic carbocycles. The fourth-order valence-corrected chi connectivity index (χ4v) is 1.31. The monoisotopic (exact) mass is 242 g/mol. The third-order valence-corrected chi connectivity index (χ3v) is 2.44. The SMILES string of the molecule is CC(C)C(CO)Nc1nccc(C(=O)O)c1F. The first-order valence-electron chi connectivity index (χ1n) is 5.22. The summed E-state index contributed by atoms with van der Waals surface area (Å²) in [5.41, 5.74) is -0.442. The first kappa shape index (κ1) is 13.4. The van der Waals surface area contributed by atoms with Gasteiger partial charge in [-0.2, -0.15) is 0 Å². The molecule has 5 nitrogen and oxygen atoms in total. The van der Waals surface area contributed by atoms with Gasteiger partial charge in [0.1, 0.15) is 5.56 Å². The molecule has 0 fully saturated rings. The number of hydrogen-bond acceptors (Lipinski definition) is 4. The van der Waals surface area contributed by atoms with Gasteiger partial charge in [0.05, 0.1) is 12.6 Å². The van der Waals surface area contributed by atoms with Crippen molar-refractivity contribution in [3.63, 3.8) is 0 Å². The van der Waals surface area contributed by atoms with Crippen molar-refractivity contribution in [1.29, 1.82) is 0 Å². The van der Waals surface area contributed by atoms with Crippen molar-refractivity contribution in [2.45, 2.75) is 19.9 Å². The third kappa shape index (κ3) is 3.13. The van der Waals surface area contributed by atoms with E-state index in [-0.39, 0.29) is 24.4 Å². The summed E-state index contributed by atoms with van der Waals surface area (Å²) >= 11 is 0. The number of aromatic carboxylic acids is 1. The van der Waals surface area contributed by atoms with Gasteiger partial charge in [-0.3, -0.25) is 0 Å². The number of rotatable bonds is 5. The highest BCUT2D eigenvalue weighted by Crippen LogP contribution is 2.17. The summed E-state index contributed by atoms with van der Waals surface area (Å²) < 4.78 is 13.7. The largest absolute Gasteiger partial charge is 0.478 e. The molecule has 1 aromatic heterocycles. The van der Waals surface area contributed by atoms with Crippen LogP contribution in [0, 0.1) is 11.7 Å². The third-order valence-electron chi connectivity index (χ3n) is 2.44. The number of aromatic nitrogens is 1. The lowest BCUT2D eigenvalue weighted by Crippen LogP contribution is -2.30. The Morgan fingerprint density at radius 3 is 2.71 bits per heavy atom. The predicted octanol–water partition coefficient (Wildman–Crippen LogP) is 1.35. The zero-order valence-corrected chi connectivity index (χ0v) is 9.64. The molecule has 1 atom stereocenters. The van der Waals surface area contributed by atoms with Crippen LogP contribution in [0.4, 0.5) is 10.2 Å². The van der Waals surface area contributed by atoms with Crippen LogP contribution in [-0.4, -0.2) is 33.8 Å². The first-order valence-corrected chi connectivity index (χ1v) is 5.22. The second kappa shape index (κ2) is 5.58. The Morgan fingerprint density at radius 2 is 2.24 bits per heavy atom. The molecule has 0 amide bonds.